The van der Waals surface area contributed by atoms with E-state index in [9.17, 15) is 4.79 Å². The fourth-order valence-electron chi connectivity index (χ4n) is 3.17. The van der Waals surface area contributed by atoms with E-state index in [1.165, 1.54) is 25.9 Å². The van der Waals surface area contributed by atoms with Crippen LogP contribution >= 0.6 is 0 Å². The van der Waals surface area contributed by atoms with Crippen molar-refractivity contribution >= 4 is 11.6 Å². The molecule has 2 bridgehead atoms. The molecule has 5 heteroatoms. The third-order valence-corrected chi connectivity index (χ3v) is 4.31. The van der Waals surface area contributed by atoms with Gasteiger partial charge in [-0.2, -0.15) is 0 Å². The summed E-state index contributed by atoms with van der Waals surface area (Å²) in [6.45, 7) is 3.36. The molecule has 2 N–H and O–H groups in total. The molecule has 4 rings (SSSR count). The zero-order chi connectivity index (χ0) is 13.2. The van der Waals surface area contributed by atoms with Crippen LogP contribution in [-0.2, 0) is 0 Å². The summed E-state index contributed by atoms with van der Waals surface area (Å²) in [4.78, 5) is 18.8. The average molecular weight is 260 g/mol. The summed E-state index contributed by atoms with van der Waals surface area (Å²) in [6, 6.07) is 2.12. The van der Waals surface area contributed by atoms with Gasteiger partial charge in [-0.1, -0.05) is 0 Å². The van der Waals surface area contributed by atoms with Gasteiger partial charge in [0.1, 0.15) is 0 Å². The molecule has 1 aromatic heterocycles. The molecule has 3 aliphatic heterocycles. The van der Waals surface area contributed by atoms with Gasteiger partial charge in [0.05, 0.1) is 5.56 Å². The van der Waals surface area contributed by atoms with Crippen LogP contribution in [0.2, 0.25) is 0 Å². The number of nitrogens with zero attached hydrogens (tertiary/aromatic N) is 2. The second-order valence-electron chi connectivity index (χ2n) is 5.39. The number of aromatic nitrogens is 1. The molecule has 4 heterocycles. The minimum Gasteiger partial charge on any atom is -0.387 e. The lowest BCUT2D eigenvalue weighted by Crippen LogP contribution is -2.57. The molecule has 0 saturated carbocycles. The van der Waals surface area contributed by atoms with Crippen LogP contribution in [-0.4, -0.2) is 48.5 Å². The van der Waals surface area contributed by atoms with Crippen molar-refractivity contribution in [2.75, 3.05) is 32.0 Å². The van der Waals surface area contributed by atoms with Crippen LogP contribution in [0.4, 0.5) is 5.69 Å². The highest BCUT2D eigenvalue weighted by Crippen LogP contribution is 2.27. The Hall–Kier alpha value is -1.62. The smallest absolute Gasteiger partial charge is 0.255 e. The first-order valence-electron chi connectivity index (χ1n) is 6.93. The van der Waals surface area contributed by atoms with E-state index in [0.717, 1.165) is 12.2 Å². The number of pyridine rings is 1. The van der Waals surface area contributed by atoms with E-state index >= 15 is 0 Å². The molecule has 0 aliphatic carbocycles. The van der Waals surface area contributed by atoms with Crippen molar-refractivity contribution in [1.82, 2.24) is 15.2 Å². The molecule has 0 spiro atoms. The normalized spacial score (nSPS) is 29.0. The molecule has 0 radical (unpaired) electrons. The summed E-state index contributed by atoms with van der Waals surface area (Å²) in [6.07, 6.45) is 5.73. The molecule has 1 aromatic rings. The first kappa shape index (κ1) is 12.4. The Labute approximate surface area is 113 Å². The van der Waals surface area contributed by atoms with Crippen LogP contribution in [0.25, 0.3) is 0 Å². The minimum atomic E-state index is -0.0174. The van der Waals surface area contributed by atoms with Crippen molar-refractivity contribution in [2.45, 2.75) is 18.9 Å². The second kappa shape index (κ2) is 5.17. The van der Waals surface area contributed by atoms with Crippen LogP contribution in [0, 0.1) is 5.92 Å². The van der Waals surface area contributed by atoms with Gasteiger partial charge in [-0.05, 0) is 37.9 Å². The zero-order valence-electron chi connectivity index (χ0n) is 11.2. The Bertz CT molecular complexity index is 468. The van der Waals surface area contributed by atoms with E-state index < -0.39 is 0 Å². The van der Waals surface area contributed by atoms with Crippen molar-refractivity contribution in [3.05, 3.63) is 24.0 Å². The van der Waals surface area contributed by atoms with E-state index in [0.29, 0.717) is 17.5 Å². The highest BCUT2D eigenvalue weighted by molar-refractivity contribution is 5.99. The first-order chi connectivity index (χ1) is 9.28. The van der Waals surface area contributed by atoms with Crippen LogP contribution in [0.3, 0.4) is 0 Å². The number of hydrogen-bond acceptors (Lipinski definition) is 4. The SMILES string of the molecule is CNc1ccncc1C(=O)NC1CN2CCC1CC2. The van der Waals surface area contributed by atoms with Crippen molar-refractivity contribution in [3.63, 3.8) is 0 Å². The topological polar surface area (TPSA) is 57.3 Å². The summed E-state index contributed by atoms with van der Waals surface area (Å²) < 4.78 is 0. The number of carbonyl (C=O) groups excluding carboxylic acids is 1. The molecular weight excluding hydrogens is 240 g/mol. The molecule has 5 nitrogen and oxygen atoms in total. The molecule has 19 heavy (non-hydrogen) atoms. The standard InChI is InChI=1S/C14H20N4O/c1-15-12-2-5-16-8-11(12)14(19)17-13-9-18-6-3-10(13)4-7-18/h2,5,8,10,13H,3-4,6-7,9H2,1H3,(H,15,16)(H,17,19). The van der Waals surface area contributed by atoms with Gasteiger partial charge in [0.2, 0.25) is 0 Å². The van der Waals surface area contributed by atoms with E-state index in [4.69, 9.17) is 0 Å². The second-order valence-corrected chi connectivity index (χ2v) is 5.39. The van der Waals surface area contributed by atoms with Crippen LogP contribution in [0.5, 0.6) is 0 Å². The number of anilines is 1. The number of rotatable bonds is 3. The Morgan fingerprint density at radius 1 is 1.42 bits per heavy atom. The number of carbonyl (C=O) groups is 1. The monoisotopic (exact) mass is 260 g/mol. The maximum Gasteiger partial charge on any atom is 0.255 e. The number of hydrogen-bond donors (Lipinski definition) is 2. The van der Waals surface area contributed by atoms with Gasteiger partial charge in [0.15, 0.2) is 0 Å². The third-order valence-electron chi connectivity index (χ3n) is 4.31. The summed E-state index contributed by atoms with van der Waals surface area (Å²) in [7, 11) is 1.82. The number of nitrogens with one attached hydrogen (secondary N) is 2. The lowest BCUT2D eigenvalue weighted by Gasteiger charge is -2.44. The van der Waals surface area contributed by atoms with E-state index in [1.807, 2.05) is 13.1 Å². The van der Waals surface area contributed by atoms with Gasteiger partial charge in [0, 0.05) is 37.7 Å². The first-order valence-corrected chi connectivity index (χ1v) is 6.93. The number of amides is 1. The van der Waals surface area contributed by atoms with Gasteiger partial charge >= 0.3 is 0 Å². The van der Waals surface area contributed by atoms with Crippen molar-refractivity contribution in [2.24, 2.45) is 5.92 Å². The predicted octanol–water partition coefficient (Wildman–Crippen LogP) is 0.947. The molecular formula is C14H20N4O. The molecule has 102 valence electrons. The van der Waals surface area contributed by atoms with Gasteiger partial charge in [-0.3, -0.25) is 9.78 Å². The fraction of sp³-hybridized carbons (Fsp3) is 0.571. The van der Waals surface area contributed by atoms with E-state index in [-0.39, 0.29) is 5.91 Å². The lowest BCUT2D eigenvalue weighted by atomic mass is 9.84. The highest BCUT2D eigenvalue weighted by Gasteiger charge is 2.35. The maximum atomic E-state index is 12.4. The van der Waals surface area contributed by atoms with Gasteiger partial charge in [-0.15, -0.1) is 0 Å². The lowest BCUT2D eigenvalue weighted by molar-refractivity contribution is 0.0620. The molecule has 3 fully saturated rings. The third kappa shape index (κ3) is 2.42. The highest BCUT2D eigenvalue weighted by atomic mass is 16.1. The van der Waals surface area contributed by atoms with Crippen LogP contribution in [0.15, 0.2) is 18.5 Å². The zero-order valence-corrected chi connectivity index (χ0v) is 11.2. The summed E-state index contributed by atoms with van der Waals surface area (Å²) >= 11 is 0. The molecule has 1 unspecified atom stereocenters. The fourth-order valence-corrected chi connectivity index (χ4v) is 3.17. The Balaban J connectivity index is 1.71. The molecule has 3 aliphatic rings. The minimum absolute atomic E-state index is 0.0174. The van der Waals surface area contributed by atoms with Crippen molar-refractivity contribution in [3.8, 4) is 0 Å². The average Bonchev–Trinajstić information content (AvgIpc) is 2.48. The molecule has 1 atom stereocenters. The summed E-state index contributed by atoms with van der Waals surface area (Å²) in [5, 5.41) is 6.22. The number of piperidine rings is 3. The largest absolute Gasteiger partial charge is 0.387 e. The quantitative estimate of drug-likeness (QED) is 0.849. The van der Waals surface area contributed by atoms with Gasteiger partial charge < -0.3 is 15.5 Å². The summed E-state index contributed by atoms with van der Waals surface area (Å²) in [5.41, 5.74) is 1.45. The molecule has 1 amide bonds. The van der Waals surface area contributed by atoms with Gasteiger partial charge in [-0.25, -0.2) is 0 Å². The Morgan fingerprint density at radius 2 is 2.21 bits per heavy atom. The number of fused-ring (bicyclic) bond motifs is 3. The maximum absolute atomic E-state index is 12.4. The van der Waals surface area contributed by atoms with E-state index in [2.05, 4.69) is 20.5 Å². The van der Waals surface area contributed by atoms with E-state index in [1.54, 1.807) is 12.4 Å². The van der Waals surface area contributed by atoms with Crippen LogP contribution in [0.1, 0.15) is 23.2 Å². The Kier molecular flexibility index (Phi) is 3.38. The Morgan fingerprint density at radius 3 is 2.84 bits per heavy atom. The summed E-state index contributed by atoms with van der Waals surface area (Å²) in [5.74, 6) is 0.625. The van der Waals surface area contributed by atoms with Crippen molar-refractivity contribution in [1.29, 1.82) is 0 Å². The molecule has 0 aromatic carbocycles. The van der Waals surface area contributed by atoms with Gasteiger partial charge in [0.25, 0.3) is 5.91 Å². The van der Waals surface area contributed by atoms with Crippen molar-refractivity contribution < 1.29 is 4.79 Å². The predicted molar refractivity (Wildman–Crippen MR) is 74.2 cm³/mol. The van der Waals surface area contributed by atoms with Crippen LogP contribution < -0.4 is 10.6 Å². The molecule has 3 saturated heterocycles.